The van der Waals surface area contributed by atoms with E-state index in [0.717, 1.165) is 5.56 Å². The van der Waals surface area contributed by atoms with Gasteiger partial charge < -0.3 is 20.6 Å². The molecule has 146 valence electrons. The second kappa shape index (κ2) is 7.55. The lowest BCUT2D eigenvalue weighted by molar-refractivity contribution is 0.0313. The second-order valence-electron chi connectivity index (χ2n) is 6.31. The molecule has 0 aliphatic carbocycles. The normalized spacial score (nSPS) is 21.9. The van der Waals surface area contributed by atoms with E-state index in [-0.39, 0.29) is 10.8 Å². The van der Waals surface area contributed by atoms with Gasteiger partial charge in [0.05, 0.1) is 18.0 Å². The third kappa shape index (κ3) is 3.51. The summed E-state index contributed by atoms with van der Waals surface area (Å²) in [4.78, 5) is 23.9. The fourth-order valence-corrected chi connectivity index (χ4v) is 4.48. The molecule has 0 spiro atoms. The molecule has 1 saturated heterocycles. The minimum Gasteiger partial charge on any atom is -0.478 e. The number of halogens is 1. The van der Waals surface area contributed by atoms with Crippen molar-refractivity contribution in [3.05, 3.63) is 47.0 Å². The summed E-state index contributed by atoms with van der Waals surface area (Å²) in [5.74, 6) is -0.189. The van der Waals surface area contributed by atoms with Gasteiger partial charge in [-0.05, 0) is 29.3 Å². The summed E-state index contributed by atoms with van der Waals surface area (Å²) in [6.45, 7) is 0.315. The first kappa shape index (κ1) is 18.9. The van der Waals surface area contributed by atoms with E-state index in [9.17, 15) is 15.0 Å². The Morgan fingerprint density at radius 1 is 1.36 bits per heavy atom. The molecule has 0 saturated carbocycles. The summed E-state index contributed by atoms with van der Waals surface area (Å²) in [5, 5.41) is 31.8. The maximum atomic E-state index is 11.1. The first-order chi connectivity index (χ1) is 13.4. The number of anilines is 1. The van der Waals surface area contributed by atoms with Crippen LogP contribution in [0.1, 0.15) is 21.3 Å². The Bertz CT molecular complexity index is 1050. The molecule has 4 N–H and O–H groups in total. The second-order valence-corrected chi connectivity index (χ2v) is 7.79. The molecule has 3 heterocycles. The number of thioether (sulfide) groups is 1. The number of fused-ring (bicyclic) bond motifs is 1. The lowest BCUT2D eigenvalue weighted by atomic mass is 10.1. The Balaban J connectivity index is 1.63. The molecule has 4 rings (SSSR count). The van der Waals surface area contributed by atoms with Crippen molar-refractivity contribution in [3.63, 3.8) is 0 Å². The number of aliphatic hydroxyl groups excluding tert-OH is 2. The fraction of sp³-hybridized carbons (Fsp3) is 0.294. The molecule has 9 nitrogen and oxygen atoms in total. The molecule has 28 heavy (non-hydrogen) atoms. The molecular formula is C17H16ClN5O4S. The van der Waals surface area contributed by atoms with E-state index in [0.29, 0.717) is 29.3 Å². The topological polar surface area (TPSA) is 133 Å². The minimum atomic E-state index is -0.997. The van der Waals surface area contributed by atoms with Crippen LogP contribution < -0.4 is 5.32 Å². The number of carboxylic acid groups (broad SMARTS) is 1. The Labute approximate surface area is 168 Å². The van der Waals surface area contributed by atoms with Crippen molar-refractivity contribution in [2.75, 3.05) is 11.1 Å². The molecule has 0 radical (unpaired) electrons. The fourth-order valence-electron chi connectivity index (χ4n) is 3.03. The number of nitrogens with one attached hydrogen (secondary N) is 1. The monoisotopic (exact) mass is 421 g/mol. The van der Waals surface area contributed by atoms with Crippen molar-refractivity contribution in [2.45, 2.75) is 24.1 Å². The summed E-state index contributed by atoms with van der Waals surface area (Å²) in [7, 11) is 0. The average Bonchev–Trinajstić information content (AvgIpc) is 3.23. The highest BCUT2D eigenvalue weighted by atomic mass is 35.5. The van der Waals surface area contributed by atoms with Gasteiger partial charge in [0, 0.05) is 12.3 Å². The number of nitrogens with zero attached hydrogens (tertiary/aromatic N) is 4. The molecule has 1 aliphatic heterocycles. The molecule has 1 aromatic carbocycles. The van der Waals surface area contributed by atoms with Crippen LogP contribution in [0.5, 0.6) is 0 Å². The van der Waals surface area contributed by atoms with Gasteiger partial charge in [-0.25, -0.2) is 9.78 Å². The van der Waals surface area contributed by atoms with E-state index < -0.39 is 23.6 Å². The van der Waals surface area contributed by atoms with Crippen molar-refractivity contribution in [3.8, 4) is 0 Å². The summed E-state index contributed by atoms with van der Waals surface area (Å²) in [5.41, 5.74) is 1.85. The first-order valence-electron chi connectivity index (χ1n) is 8.38. The Hall–Kier alpha value is -2.40. The van der Waals surface area contributed by atoms with E-state index in [1.54, 1.807) is 22.8 Å². The van der Waals surface area contributed by atoms with Crippen LogP contribution in [-0.2, 0) is 6.54 Å². The average molecular weight is 422 g/mol. The summed E-state index contributed by atoms with van der Waals surface area (Å²) in [6.07, 6.45) is -0.222. The van der Waals surface area contributed by atoms with Crippen LogP contribution in [0.15, 0.2) is 30.6 Å². The molecule has 1 unspecified atom stereocenters. The number of aliphatic hydroxyl groups is 2. The number of aromatic nitrogens is 4. The molecule has 1 fully saturated rings. The SMILES string of the molecule is O=C(O)c1cccc(CNc2nc(Cl)nc3c2ncn3[C@@H]2SC[C@H](O)C2O)c1. The standard InChI is InChI=1S/C17H16ClN5O4S/c18-17-21-13(19-5-8-2-1-3-9(4-8)16(26)27)11-14(22-17)23(7-20-11)15-12(25)10(24)6-28-15/h1-4,7,10,12,15,24-25H,5-6H2,(H,26,27)(H,19,21,22)/t10-,12?,15+/m0/s1. The number of benzene rings is 1. The highest BCUT2D eigenvalue weighted by Crippen LogP contribution is 2.38. The third-order valence-corrected chi connectivity index (χ3v) is 5.98. The lowest BCUT2D eigenvalue weighted by Crippen LogP contribution is -2.27. The predicted octanol–water partition coefficient (Wildman–Crippen LogP) is 1.76. The minimum absolute atomic E-state index is 0.00840. The zero-order valence-corrected chi connectivity index (χ0v) is 15.9. The van der Waals surface area contributed by atoms with Crippen LogP contribution >= 0.6 is 23.4 Å². The van der Waals surface area contributed by atoms with Gasteiger partial charge in [-0.3, -0.25) is 4.57 Å². The zero-order valence-electron chi connectivity index (χ0n) is 14.4. The number of aromatic carboxylic acids is 1. The summed E-state index contributed by atoms with van der Waals surface area (Å²) < 4.78 is 1.67. The molecule has 1 aliphatic rings. The van der Waals surface area contributed by atoms with Crippen LogP contribution in [0.4, 0.5) is 5.82 Å². The zero-order chi connectivity index (χ0) is 19.8. The maximum absolute atomic E-state index is 11.1. The van der Waals surface area contributed by atoms with E-state index in [1.807, 2.05) is 0 Å². The van der Waals surface area contributed by atoms with Crippen molar-refractivity contribution in [1.29, 1.82) is 0 Å². The van der Waals surface area contributed by atoms with Gasteiger partial charge in [0.2, 0.25) is 5.28 Å². The van der Waals surface area contributed by atoms with Crippen LogP contribution in [0.2, 0.25) is 5.28 Å². The van der Waals surface area contributed by atoms with Gasteiger partial charge in [-0.15, -0.1) is 11.8 Å². The van der Waals surface area contributed by atoms with Crippen LogP contribution in [0.25, 0.3) is 11.2 Å². The van der Waals surface area contributed by atoms with E-state index in [1.165, 1.54) is 24.2 Å². The molecule has 11 heteroatoms. The number of carbonyl (C=O) groups is 1. The Kier molecular flexibility index (Phi) is 5.11. The van der Waals surface area contributed by atoms with Crippen molar-refractivity contribution >= 4 is 46.3 Å². The van der Waals surface area contributed by atoms with Gasteiger partial charge in [0.15, 0.2) is 17.0 Å². The van der Waals surface area contributed by atoms with Crippen molar-refractivity contribution in [1.82, 2.24) is 19.5 Å². The number of imidazole rings is 1. The number of hydrogen-bond acceptors (Lipinski definition) is 8. The first-order valence-corrected chi connectivity index (χ1v) is 9.80. The van der Waals surface area contributed by atoms with Crippen LogP contribution in [0, 0.1) is 0 Å². The van der Waals surface area contributed by atoms with E-state index >= 15 is 0 Å². The van der Waals surface area contributed by atoms with Gasteiger partial charge >= 0.3 is 5.97 Å². The number of hydrogen-bond donors (Lipinski definition) is 4. The van der Waals surface area contributed by atoms with Crippen molar-refractivity contribution < 1.29 is 20.1 Å². The van der Waals surface area contributed by atoms with Crippen LogP contribution in [0.3, 0.4) is 0 Å². The quantitative estimate of drug-likeness (QED) is 0.454. The molecule has 3 aromatic rings. The highest BCUT2D eigenvalue weighted by molar-refractivity contribution is 7.99. The van der Waals surface area contributed by atoms with E-state index in [2.05, 4.69) is 20.3 Å². The van der Waals surface area contributed by atoms with Gasteiger partial charge in [0.1, 0.15) is 11.5 Å². The molecule has 0 amide bonds. The summed E-state index contributed by atoms with van der Waals surface area (Å²) >= 11 is 7.47. The lowest BCUT2D eigenvalue weighted by Gasteiger charge is -2.17. The largest absolute Gasteiger partial charge is 0.478 e. The van der Waals surface area contributed by atoms with Gasteiger partial charge in [0.25, 0.3) is 0 Å². The summed E-state index contributed by atoms with van der Waals surface area (Å²) in [6, 6.07) is 6.56. The van der Waals surface area contributed by atoms with Crippen molar-refractivity contribution in [2.24, 2.45) is 0 Å². The highest BCUT2D eigenvalue weighted by Gasteiger charge is 2.36. The van der Waals surface area contributed by atoms with E-state index in [4.69, 9.17) is 16.7 Å². The molecule has 2 aromatic heterocycles. The number of carboxylic acids is 1. The van der Waals surface area contributed by atoms with Crippen LogP contribution in [-0.4, -0.2) is 58.8 Å². The molecular weight excluding hydrogens is 406 g/mol. The maximum Gasteiger partial charge on any atom is 0.335 e. The molecule has 0 bridgehead atoms. The van der Waals surface area contributed by atoms with Gasteiger partial charge in [-0.2, -0.15) is 9.97 Å². The number of rotatable bonds is 5. The Morgan fingerprint density at radius 3 is 2.89 bits per heavy atom. The Morgan fingerprint density at radius 2 is 2.18 bits per heavy atom. The molecule has 3 atom stereocenters. The smallest absolute Gasteiger partial charge is 0.335 e. The predicted molar refractivity (Wildman–Crippen MR) is 105 cm³/mol. The third-order valence-electron chi connectivity index (χ3n) is 4.43. The van der Waals surface area contributed by atoms with Gasteiger partial charge in [-0.1, -0.05) is 12.1 Å².